The van der Waals surface area contributed by atoms with Crippen LogP contribution in [0.3, 0.4) is 0 Å². The smallest absolute Gasteiger partial charge is 0.445 e. The van der Waals surface area contributed by atoms with Gasteiger partial charge in [0.1, 0.15) is 5.60 Å². The number of ether oxygens (including phenoxy) is 1. The zero-order valence-corrected chi connectivity index (χ0v) is 22.7. The molecule has 1 amide bonds. The van der Waals surface area contributed by atoms with Gasteiger partial charge in [0.25, 0.3) is 0 Å². The molecule has 152 valence electrons. The average Bonchev–Trinajstić information content (AvgIpc) is 2.53. The molecule has 4 nitrogen and oxygen atoms in total. The summed E-state index contributed by atoms with van der Waals surface area (Å²) >= 11 is 2.00. The molecule has 1 aliphatic heterocycles. The summed E-state index contributed by atoms with van der Waals surface area (Å²) in [7, 11) is 0. The van der Waals surface area contributed by atoms with Crippen LogP contribution in [-0.4, -0.2) is 54.7 Å². The zero-order chi connectivity index (χ0) is 20.6. The first-order valence-electron chi connectivity index (χ1n) is 8.98. The third-order valence-corrected chi connectivity index (χ3v) is 6.29. The summed E-state index contributed by atoms with van der Waals surface area (Å²) in [6.07, 6.45) is -0.342. The van der Waals surface area contributed by atoms with Crippen LogP contribution in [0.4, 0.5) is 17.7 Å². The molecular formula is C18H26BF3IKN2O2. The molecule has 10 heteroatoms. The van der Waals surface area contributed by atoms with Gasteiger partial charge in [-0.25, -0.2) is 4.79 Å². The summed E-state index contributed by atoms with van der Waals surface area (Å²) in [4.78, 5) is 15.9. The molecule has 1 aliphatic rings. The van der Waals surface area contributed by atoms with Crippen molar-refractivity contribution in [3.63, 3.8) is 0 Å². The Labute approximate surface area is 221 Å². The van der Waals surface area contributed by atoms with Crippen molar-refractivity contribution in [1.29, 1.82) is 0 Å². The van der Waals surface area contributed by atoms with E-state index in [9.17, 15) is 17.7 Å². The van der Waals surface area contributed by atoms with E-state index in [1.165, 1.54) is 13.0 Å². The first-order valence-corrected chi connectivity index (χ1v) is 10.1. The fourth-order valence-corrected chi connectivity index (χ4v) is 3.77. The van der Waals surface area contributed by atoms with Gasteiger partial charge in [-0.1, -0.05) is 11.6 Å². The third-order valence-electron chi connectivity index (χ3n) is 4.67. The van der Waals surface area contributed by atoms with Gasteiger partial charge in [0.15, 0.2) is 0 Å². The molecule has 0 bridgehead atoms. The summed E-state index contributed by atoms with van der Waals surface area (Å²) in [5.41, 5.74) is 0.850. The van der Waals surface area contributed by atoms with E-state index in [4.69, 9.17) is 4.74 Å². The van der Waals surface area contributed by atoms with Crippen LogP contribution in [0.15, 0.2) is 6.07 Å². The van der Waals surface area contributed by atoms with Crippen LogP contribution in [0.1, 0.15) is 37.5 Å². The average molecular weight is 536 g/mol. The van der Waals surface area contributed by atoms with Crippen LogP contribution in [0.5, 0.6) is 0 Å². The predicted molar refractivity (Wildman–Crippen MR) is 110 cm³/mol. The topological polar surface area (TPSA) is 32.8 Å². The Morgan fingerprint density at radius 3 is 2.14 bits per heavy atom. The molecule has 0 atom stereocenters. The van der Waals surface area contributed by atoms with Gasteiger partial charge in [0.2, 0.25) is 0 Å². The van der Waals surface area contributed by atoms with E-state index in [-0.39, 0.29) is 57.5 Å². The number of benzene rings is 1. The SMILES string of the molecule is Cc1c(CN2CCN(C(=O)OC(C)(C)C)CC2)cc([B-](F)(F)F)c(C)c1I.[K+]. The molecule has 1 aromatic carbocycles. The van der Waals surface area contributed by atoms with Crippen LogP contribution >= 0.6 is 22.6 Å². The maximum Gasteiger partial charge on any atom is 1.00 e. The molecule has 2 rings (SSSR count). The number of carbonyl (C=O) groups excluding carboxylic acids is 1. The molecule has 1 aromatic rings. The number of hydrogen-bond acceptors (Lipinski definition) is 3. The molecule has 1 saturated heterocycles. The first kappa shape index (κ1) is 26.7. The van der Waals surface area contributed by atoms with Gasteiger partial charge in [-0.3, -0.25) is 4.90 Å². The first-order chi connectivity index (χ1) is 12.3. The van der Waals surface area contributed by atoms with E-state index in [1.54, 1.807) is 4.90 Å². The van der Waals surface area contributed by atoms with E-state index >= 15 is 0 Å². The van der Waals surface area contributed by atoms with E-state index in [2.05, 4.69) is 4.90 Å². The standard InChI is InChI=1S/C18H26BF3IN2O2.K/c1-12-14(10-15(19(20,21)22)13(2)16(12)23)11-24-6-8-25(9-7-24)17(26)27-18(3,4)5;/h10H,6-9,11H2,1-5H3;/q-1;+1. The monoisotopic (exact) mass is 536 g/mol. The van der Waals surface area contributed by atoms with Crippen molar-refractivity contribution in [2.75, 3.05) is 26.2 Å². The Morgan fingerprint density at radius 2 is 1.68 bits per heavy atom. The molecule has 0 radical (unpaired) electrons. The molecule has 1 fully saturated rings. The summed E-state index contributed by atoms with van der Waals surface area (Å²) in [5.74, 6) is 0. The second-order valence-electron chi connectivity index (χ2n) is 8.01. The number of piperazine rings is 1. The van der Waals surface area contributed by atoms with Gasteiger partial charge in [0, 0.05) is 36.3 Å². The quantitative estimate of drug-likeness (QED) is 0.428. The van der Waals surface area contributed by atoms with Gasteiger partial charge >= 0.3 is 64.5 Å². The molecule has 0 N–H and O–H groups in total. The number of nitrogens with zero attached hydrogens (tertiary/aromatic N) is 2. The van der Waals surface area contributed by atoms with Crippen molar-refractivity contribution >= 4 is 41.1 Å². The van der Waals surface area contributed by atoms with E-state index in [0.29, 0.717) is 47.4 Å². The summed E-state index contributed by atoms with van der Waals surface area (Å²) in [6.45, 7) is 6.50. The maximum absolute atomic E-state index is 13.4. The number of hydrogen-bond donors (Lipinski definition) is 0. The molecule has 0 aromatic heterocycles. The summed E-state index contributed by atoms with van der Waals surface area (Å²) in [5, 5.41) is 0. The van der Waals surface area contributed by atoms with Gasteiger partial charge in [-0.05, 0) is 68.3 Å². The Bertz CT molecular complexity index is 718. The Kier molecular flexibility index (Phi) is 9.84. The minimum absolute atomic E-state index is 0. The Hall–Kier alpha value is 0.671. The zero-order valence-electron chi connectivity index (χ0n) is 17.4. The number of rotatable bonds is 3. The van der Waals surface area contributed by atoms with Crippen LogP contribution < -0.4 is 56.8 Å². The van der Waals surface area contributed by atoms with Crippen molar-refractivity contribution < 1.29 is 73.9 Å². The molecule has 0 aliphatic carbocycles. The van der Waals surface area contributed by atoms with Crippen molar-refractivity contribution in [1.82, 2.24) is 9.80 Å². The minimum atomic E-state index is -5.04. The summed E-state index contributed by atoms with van der Waals surface area (Å²) < 4.78 is 46.2. The largest absolute Gasteiger partial charge is 1.00 e. The van der Waals surface area contributed by atoms with E-state index < -0.39 is 18.0 Å². The second-order valence-corrected chi connectivity index (χ2v) is 9.09. The third kappa shape index (κ3) is 7.12. The fraction of sp³-hybridized carbons (Fsp3) is 0.611. The van der Waals surface area contributed by atoms with Crippen LogP contribution in [0, 0.1) is 17.4 Å². The number of halogens is 4. The molecular weight excluding hydrogens is 510 g/mol. The minimum Gasteiger partial charge on any atom is -0.445 e. The molecule has 1 heterocycles. The Balaban J connectivity index is 0.00000392. The van der Waals surface area contributed by atoms with Crippen LogP contribution in [0.25, 0.3) is 0 Å². The normalized spacial score (nSPS) is 16.0. The van der Waals surface area contributed by atoms with Gasteiger partial charge < -0.3 is 22.6 Å². The second kappa shape index (κ2) is 10.3. The molecule has 28 heavy (non-hydrogen) atoms. The van der Waals surface area contributed by atoms with Crippen molar-refractivity contribution in [3.8, 4) is 0 Å². The molecule has 0 saturated carbocycles. The van der Waals surface area contributed by atoms with E-state index in [0.717, 1.165) is 5.56 Å². The van der Waals surface area contributed by atoms with Gasteiger partial charge in [0.05, 0.1) is 0 Å². The van der Waals surface area contributed by atoms with Crippen molar-refractivity contribution in [3.05, 3.63) is 26.3 Å². The van der Waals surface area contributed by atoms with Crippen LogP contribution in [0.2, 0.25) is 0 Å². The van der Waals surface area contributed by atoms with Gasteiger partial charge in [-0.2, -0.15) is 0 Å². The van der Waals surface area contributed by atoms with Crippen molar-refractivity contribution in [2.45, 2.75) is 46.8 Å². The van der Waals surface area contributed by atoms with Gasteiger partial charge in [-0.15, -0.1) is 5.46 Å². The molecule has 0 spiro atoms. The molecule has 0 unspecified atom stereocenters. The summed E-state index contributed by atoms with van der Waals surface area (Å²) in [6, 6.07) is 1.30. The predicted octanol–water partition coefficient (Wildman–Crippen LogP) is 1.02. The number of carbonyl (C=O) groups is 1. The Morgan fingerprint density at radius 1 is 1.14 bits per heavy atom. The van der Waals surface area contributed by atoms with Crippen LogP contribution in [-0.2, 0) is 11.3 Å². The fourth-order valence-electron chi connectivity index (χ4n) is 3.11. The van der Waals surface area contributed by atoms with Crippen molar-refractivity contribution in [2.24, 2.45) is 0 Å². The van der Waals surface area contributed by atoms with E-state index in [1.807, 2.05) is 50.3 Å². The maximum atomic E-state index is 13.4. The number of amides is 1.